The summed E-state index contributed by atoms with van der Waals surface area (Å²) < 4.78 is 27.5. The van der Waals surface area contributed by atoms with Gasteiger partial charge in [0.15, 0.2) is 5.78 Å². The molecule has 1 saturated heterocycles. The topological polar surface area (TPSA) is 170 Å². The first-order valence-electron chi connectivity index (χ1n) is 12.3. The first kappa shape index (κ1) is 27.2. The zero-order valence-corrected chi connectivity index (χ0v) is 21.8. The summed E-state index contributed by atoms with van der Waals surface area (Å²) in [5, 5.41) is 13.7. The second kappa shape index (κ2) is 11.7. The zero-order chi connectivity index (χ0) is 27.3. The van der Waals surface area contributed by atoms with Gasteiger partial charge < -0.3 is 21.4 Å². The van der Waals surface area contributed by atoms with E-state index >= 15 is 0 Å². The summed E-state index contributed by atoms with van der Waals surface area (Å²) in [6.45, 7) is 0.686. The second-order valence-electron chi connectivity index (χ2n) is 9.42. The molecule has 1 unspecified atom stereocenters. The molecule has 0 saturated carbocycles. The van der Waals surface area contributed by atoms with Crippen molar-refractivity contribution in [2.75, 3.05) is 12.8 Å². The van der Waals surface area contributed by atoms with Gasteiger partial charge in [-0.05, 0) is 36.6 Å². The van der Waals surface area contributed by atoms with Gasteiger partial charge in [0.2, 0.25) is 15.9 Å². The van der Waals surface area contributed by atoms with E-state index < -0.39 is 40.0 Å². The molecule has 0 spiro atoms. The highest BCUT2D eigenvalue weighted by atomic mass is 32.2. The number of Topliss-reactive ketones (excluding diaryl/α,β-unsaturated/α-hetero) is 1. The van der Waals surface area contributed by atoms with E-state index in [4.69, 9.17) is 11.1 Å². The summed E-state index contributed by atoms with van der Waals surface area (Å²) in [4.78, 5) is 30.4. The van der Waals surface area contributed by atoms with Crippen LogP contribution in [0.25, 0.3) is 0 Å². The molecule has 200 valence electrons. The van der Waals surface area contributed by atoms with Gasteiger partial charge in [-0.25, -0.2) is 13.1 Å². The van der Waals surface area contributed by atoms with E-state index in [1.807, 2.05) is 60.7 Å². The first-order chi connectivity index (χ1) is 18.1. The van der Waals surface area contributed by atoms with Crippen molar-refractivity contribution < 1.29 is 18.0 Å². The molecule has 1 aromatic heterocycles. The summed E-state index contributed by atoms with van der Waals surface area (Å²) in [7, 11) is -3.83. The van der Waals surface area contributed by atoms with Crippen LogP contribution in [-0.4, -0.2) is 55.8 Å². The number of H-pyrrole nitrogens is 1. The molecule has 2 aromatic carbocycles. The van der Waals surface area contributed by atoms with Crippen molar-refractivity contribution in [3.8, 4) is 0 Å². The zero-order valence-electron chi connectivity index (χ0n) is 21.0. The van der Waals surface area contributed by atoms with Crippen LogP contribution in [0.3, 0.4) is 0 Å². The number of rotatable bonds is 11. The molecule has 2 heterocycles. The Labute approximate surface area is 222 Å². The number of hydrogen-bond acceptors (Lipinski definition) is 6. The van der Waals surface area contributed by atoms with Crippen LogP contribution in [0.4, 0.5) is 0 Å². The van der Waals surface area contributed by atoms with Gasteiger partial charge in [-0.2, -0.15) is 0 Å². The van der Waals surface area contributed by atoms with Gasteiger partial charge in [0.05, 0.1) is 18.0 Å². The lowest BCUT2D eigenvalue weighted by molar-refractivity contribution is -0.129. The lowest BCUT2D eigenvalue weighted by Gasteiger charge is -2.29. The highest BCUT2D eigenvalue weighted by molar-refractivity contribution is 7.88. The molecule has 1 fully saturated rings. The Morgan fingerprint density at radius 3 is 2.11 bits per heavy atom. The standard InChI is InChI=1S/C27H32N6O4S/c1-38(36,37)33-24(22(17-9-4-2-5-10-17)18-11-6-3-7-12-18)27(35)32-23(25(34)20-13-8-14-30-20)19-15-21(26(28)29)31-16-19/h2-7,9-12,15-16,20,22-24,30-31,33H,8,13-14H2,1H3,(H3,28,29)(H,32,35)/t20-,23?,24+/m0/s1. The molecule has 1 aliphatic rings. The molecule has 11 heteroatoms. The van der Waals surface area contributed by atoms with Gasteiger partial charge in [0, 0.05) is 17.7 Å². The smallest absolute Gasteiger partial charge is 0.240 e. The van der Waals surface area contributed by atoms with E-state index in [-0.39, 0.29) is 11.6 Å². The number of carbonyl (C=O) groups excluding carboxylic acids is 2. The lowest BCUT2D eigenvalue weighted by Crippen LogP contribution is -2.52. The van der Waals surface area contributed by atoms with Gasteiger partial charge in [-0.1, -0.05) is 60.7 Å². The highest BCUT2D eigenvalue weighted by Crippen LogP contribution is 2.30. The minimum atomic E-state index is -3.83. The van der Waals surface area contributed by atoms with Crippen LogP contribution in [0.1, 0.15) is 47.2 Å². The SMILES string of the molecule is CS(=O)(=O)N[C@@H](C(=O)NC(C(=O)[C@@H]1CCCN1)c1c[nH]c(C(=N)N)c1)C(c1ccccc1)c1ccccc1. The maximum atomic E-state index is 14.0. The van der Waals surface area contributed by atoms with E-state index in [0.717, 1.165) is 23.8 Å². The van der Waals surface area contributed by atoms with E-state index in [2.05, 4.69) is 20.3 Å². The number of hydrogen-bond donors (Lipinski definition) is 6. The van der Waals surface area contributed by atoms with Gasteiger partial charge in [-0.15, -0.1) is 0 Å². The molecule has 7 N–H and O–H groups in total. The van der Waals surface area contributed by atoms with Crippen LogP contribution in [0.5, 0.6) is 0 Å². The Morgan fingerprint density at radius 1 is 1.03 bits per heavy atom. The first-order valence-corrected chi connectivity index (χ1v) is 14.2. The van der Waals surface area contributed by atoms with Crippen molar-refractivity contribution in [3.05, 3.63) is 95.3 Å². The third-order valence-corrected chi connectivity index (χ3v) is 7.26. The predicted molar refractivity (Wildman–Crippen MR) is 145 cm³/mol. The number of amides is 1. The number of aromatic nitrogens is 1. The molecular formula is C27H32N6O4S. The quantitative estimate of drug-likeness (QED) is 0.160. The number of sulfonamides is 1. The molecular weight excluding hydrogens is 504 g/mol. The van der Waals surface area contributed by atoms with Crippen molar-refractivity contribution in [1.29, 1.82) is 5.41 Å². The van der Waals surface area contributed by atoms with Crippen LogP contribution in [0, 0.1) is 5.41 Å². The van der Waals surface area contributed by atoms with Crippen molar-refractivity contribution >= 4 is 27.5 Å². The number of nitrogen functional groups attached to an aromatic ring is 1. The van der Waals surface area contributed by atoms with Gasteiger partial charge in [0.1, 0.15) is 17.9 Å². The molecule has 4 rings (SSSR count). The number of aromatic amines is 1. The van der Waals surface area contributed by atoms with Crippen LogP contribution in [0.2, 0.25) is 0 Å². The van der Waals surface area contributed by atoms with Crippen LogP contribution in [-0.2, 0) is 19.6 Å². The second-order valence-corrected chi connectivity index (χ2v) is 11.2. The van der Waals surface area contributed by atoms with Crippen molar-refractivity contribution in [2.45, 2.75) is 36.9 Å². The van der Waals surface area contributed by atoms with Gasteiger partial charge in [0.25, 0.3) is 0 Å². The number of ketones is 1. The Morgan fingerprint density at radius 2 is 1.63 bits per heavy atom. The molecule has 10 nitrogen and oxygen atoms in total. The number of nitrogens with two attached hydrogens (primary N) is 1. The van der Waals surface area contributed by atoms with Crippen molar-refractivity contribution in [1.82, 2.24) is 20.3 Å². The molecule has 3 atom stereocenters. The van der Waals surface area contributed by atoms with Gasteiger partial charge in [-0.3, -0.25) is 15.0 Å². The summed E-state index contributed by atoms with van der Waals surface area (Å²) in [5.74, 6) is -1.79. The van der Waals surface area contributed by atoms with Crippen LogP contribution in [0.15, 0.2) is 72.9 Å². The summed E-state index contributed by atoms with van der Waals surface area (Å²) in [6, 6.07) is 17.0. The molecule has 1 amide bonds. The fourth-order valence-electron chi connectivity index (χ4n) is 4.81. The Bertz CT molecular complexity index is 1350. The minimum absolute atomic E-state index is 0.211. The fourth-order valence-corrected chi connectivity index (χ4v) is 5.52. The van der Waals surface area contributed by atoms with Crippen molar-refractivity contribution in [2.24, 2.45) is 5.73 Å². The lowest BCUT2D eigenvalue weighted by atomic mass is 9.84. The van der Waals surface area contributed by atoms with E-state index in [9.17, 15) is 18.0 Å². The molecule has 1 aliphatic heterocycles. The number of benzene rings is 2. The Kier molecular flexibility index (Phi) is 8.40. The van der Waals surface area contributed by atoms with E-state index in [1.165, 1.54) is 6.20 Å². The third kappa shape index (κ3) is 6.55. The predicted octanol–water partition coefficient (Wildman–Crippen LogP) is 1.53. The van der Waals surface area contributed by atoms with Crippen LogP contribution < -0.4 is 21.1 Å². The van der Waals surface area contributed by atoms with Crippen molar-refractivity contribution in [3.63, 3.8) is 0 Å². The highest BCUT2D eigenvalue weighted by Gasteiger charge is 2.38. The number of nitrogens with one attached hydrogen (secondary N) is 5. The van der Waals surface area contributed by atoms with Crippen LogP contribution >= 0.6 is 0 Å². The Hall–Kier alpha value is -3.80. The average Bonchev–Trinajstić information content (AvgIpc) is 3.60. The average molecular weight is 537 g/mol. The minimum Gasteiger partial charge on any atom is -0.382 e. The molecule has 0 aliphatic carbocycles. The number of carbonyl (C=O) groups is 2. The molecule has 3 aromatic rings. The van der Waals surface area contributed by atoms with E-state index in [0.29, 0.717) is 24.2 Å². The summed E-state index contributed by atoms with van der Waals surface area (Å²) in [5.41, 5.74) is 7.80. The Balaban J connectivity index is 1.75. The molecule has 0 radical (unpaired) electrons. The largest absolute Gasteiger partial charge is 0.382 e. The van der Waals surface area contributed by atoms with E-state index in [1.54, 1.807) is 6.07 Å². The molecule has 0 bridgehead atoms. The monoisotopic (exact) mass is 536 g/mol. The van der Waals surface area contributed by atoms with Gasteiger partial charge >= 0.3 is 0 Å². The molecule has 38 heavy (non-hydrogen) atoms. The third-order valence-electron chi connectivity index (χ3n) is 6.58. The summed E-state index contributed by atoms with van der Waals surface area (Å²) >= 11 is 0. The fraction of sp³-hybridized carbons (Fsp3) is 0.296. The summed E-state index contributed by atoms with van der Waals surface area (Å²) in [6.07, 6.45) is 3.97. The maximum Gasteiger partial charge on any atom is 0.240 e. The number of amidine groups is 1. The maximum absolute atomic E-state index is 14.0. The normalized spacial score (nSPS) is 17.2.